The summed E-state index contributed by atoms with van der Waals surface area (Å²) in [6, 6.07) is -0.908. The molecule has 0 aromatic carbocycles. The molecule has 6 nitrogen and oxygen atoms in total. The zero-order valence-corrected chi connectivity index (χ0v) is 14.3. The maximum absolute atomic E-state index is 12.4. The molecular weight excluding hydrogens is 296 g/mol. The van der Waals surface area contributed by atoms with Crippen molar-refractivity contribution in [3.63, 3.8) is 0 Å². The molecule has 0 spiro atoms. The summed E-state index contributed by atoms with van der Waals surface area (Å²) in [5.41, 5.74) is -0.480. The predicted molar refractivity (Wildman–Crippen MR) is 87.8 cm³/mol. The second kappa shape index (κ2) is 8.13. The first-order valence-electron chi connectivity index (χ1n) is 8.10. The molecule has 0 saturated carbocycles. The smallest absolute Gasteiger partial charge is 0.326 e. The number of piperidine rings is 1. The average Bonchev–Trinajstić information content (AvgIpc) is 2.49. The number of allylic oxidation sites excluding steroid dienone is 1. The topological polar surface area (TPSA) is 86.7 Å². The van der Waals surface area contributed by atoms with Gasteiger partial charge in [-0.25, -0.2) is 4.79 Å². The highest BCUT2D eigenvalue weighted by molar-refractivity contribution is 5.86. The third kappa shape index (κ3) is 5.69. The first kappa shape index (κ1) is 19.2. The van der Waals surface area contributed by atoms with E-state index in [9.17, 15) is 19.5 Å². The van der Waals surface area contributed by atoms with Crippen LogP contribution in [-0.4, -0.2) is 46.9 Å². The number of carboxylic acids is 1. The molecule has 2 unspecified atom stereocenters. The van der Waals surface area contributed by atoms with E-state index in [4.69, 9.17) is 0 Å². The Balaban J connectivity index is 2.66. The Morgan fingerprint density at radius 2 is 2.04 bits per heavy atom. The van der Waals surface area contributed by atoms with E-state index in [2.05, 4.69) is 11.9 Å². The Hall–Kier alpha value is -1.85. The van der Waals surface area contributed by atoms with Gasteiger partial charge in [0.25, 0.3) is 0 Å². The number of hydrogen-bond donors (Lipinski definition) is 2. The van der Waals surface area contributed by atoms with Crippen molar-refractivity contribution in [3.8, 4) is 0 Å². The number of carboxylic acid groups (broad SMARTS) is 1. The lowest BCUT2D eigenvalue weighted by atomic mass is 9.90. The molecule has 2 atom stereocenters. The van der Waals surface area contributed by atoms with Crippen LogP contribution >= 0.6 is 0 Å². The molecule has 1 saturated heterocycles. The molecule has 0 bridgehead atoms. The molecule has 130 valence electrons. The molecule has 2 N–H and O–H groups in total. The van der Waals surface area contributed by atoms with E-state index >= 15 is 0 Å². The van der Waals surface area contributed by atoms with Crippen molar-refractivity contribution in [2.24, 2.45) is 11.3 Å². The van der Waals surface area contributed by atoms with Crippen molar-refractivity contribution < 1.29 is 19.5 Å². The number of aliphatic carboxylic acids is 1. The maximum Gasteiger partial charge on any atom is 0.326 e. The summed E-state index contributed by atoms with van der Waals surface area (Å²) in [6.45, 7) is 10.1. The number of likely N-dealkylation sites (tertiary alicyclic amines) is 1. The quantitative estimate of drug-likeness (QED) is 0.730. The molecular formula is C17H28N2O4. The molecule has 23 heavy (non-hydrogen) atoms. The fraction of sp³-hybridized carbons (Fsp3) is 0.706. The number of carbonyl (C=O) groups excluding carboxylic acids is 2. The zero-order valence-electron chi connectivity index (χ0n) is 14.3. The van der Waals surface area contributed by atoms with Crippen LogP contribution in [0.2, 0.25) is 0 Å². The fourth-order valence-electron chi connectivity index (χ4n) is 2.68. The van der Waals surface area contributed by atoms with E-state index in [1.165, 1.54) is 0 Å². The summed E-state index contributed by atoms with van der Waals surface area (Å²) in [4.78, 5) is 37.6. The minimum Gasteiger partial charge on any atom is -0.480 e. The number of nitrogens with zero attached hydrogens (tertiary/aromatic N) is 1. The van der Waals surface area contributed by atoms with E-state index in [1.54, 1.807) is 11.0 Å². The van der Waals surface area contributed by atoms with E-state index in [1.807, 2.05) is 20.8 Å². The highest BCUT2D eigenvalue weighted by atomic mass is 16.4. The lowest BCUT2D eigenvalue weighted by Gasteiger charge is -2.36. The van der Waals surface area contributed by atoms with Crippen molar-refractivity contribution >= 4 is 17.8 Å². The van der Waals surface area contributed by atoms with Gasteiger partial charge in [-0.05, 0) is 25.7 Å². The molecule has 6 heteroatoms. The molecule has 1 fully saturated rings. The van der Waals surface area contributed by atoms with E-state index in [0.717, 1.165) is 6.42 Å². The van der Waals surface area contributed by atoms with Gasteiger partial charge in [0.05, 0.1) is 5.92 Å². The zero-order chi connectivity index (χ0) is 17.6. The molecule has 1 aliphatic heterocycles. The van der Waals surface area contributed by atoms with E-state index < -0.39 is 17.4 Å². The second-order valence-corrected chi connectivity index (χ2v) is 7.11. The van der Waals surface area contributed by atoms with Gasteiger partial charge >= 0.3 is 5.97 Å². The lowest BCUT2D eigenvalue weighted by Crippen LogP contribution is -2.51. The highest BCUT2D eigenvalue weighted by Gasteiger charge is 2.34. The fourth-order valence-corrected chi connectivity index (χ4v) is 2.68. The van der Waals surface area contributed by atoms with Crippen LogP contribution in [0.5, 0.6) is 0 Å². The van der Waals surface area contributed by atoms with Crippen molar-refractivity contribution in [1.29, 1.82) is 0 Å². The Morgan fingerprint density at radius 1 is 1.39 bits per heavy atom. The van der Waals surface area contributed by atoms with Gasteiger partial charge in [0.2, 0.25) is 11.8 Å². The number of rotatable bonds is 6. The third-order valence-electron chi connectivity index (χ3n) is 4.00. The number of hydrogen-bond acceptors (Lipinski definition) is 3. The van der Waals surface area contributed by atoms with Crippen molar-refractivity contribution in [2.45, 2.75) is 52.5 Å². The molecule has 1 rings (SSSR count). The summed E-state index contributed by atoms with van der Waals surface area (Å²) in [5, 5.41) is 11.8. The van der Waals surface area contributed by atoms with E-state index in [-0.39, 0.29) is 17.7 Å². The number of amides is 2. The molecule has 2 amide bonds. The van der Waals surface area contributed by atoms with Gasteiger partial charge < -0.3 is 15.3 Å². The van der Waals surface area contributed by atoms with Crippen molar-refractivity contribution in [1.82, 2.24) is 10.2 Å². The molecule has 1 heterocycles. The third-order valence-corrected chi connectivity index (χ3v) is 4.00. The van der Waals surface area contributed by atoms with Gasteiger partial charge in [0, 0.05) is 18.5 Å². The predicted octanol–water partition coefficient (Wildman–Crippen LogP) is 1.81. The number of carbonyl (C=O) groups is 3. The minimum absolute atomic E-state index is 0.0245. The molecule has 0 aliphatic carbocycles. The van der Waals surface area contributed by atoms with Gasteiger partial charge in [-0.1, -0.05) is 26.8 Å². The Kier molecular flexibility index (Phi) is 6.79. The highest BCUT2D eigenvalue weighted by Crippen LogP contribution is 2.23. The Bertz CT molecular complexity index is 468. The SMILES string of the molecule is C=CCCC(NC(=O)C1CCCN(C(=O)C(C)(C)C)C1)C(=O)O. The summed E-state index contributed by atoms with van der Waals surface area (Å²) in [6.07, 6.45) is 3.91. The summed E-state index contributed by atoms with van der Waals surface area (Å²) < 4.78 is 0. The van der Waals surface area contributed by atoms with Crippen LogP contribution in [0.15, 0.2) is 12.7 Å². The average molecular weight is 324 g/mol. The Morgan fingerprint density at radius 3 is 2.57 bits per heavy atom. The van der Waals surface area contributed by atoms with Crippen LogP contribution in [0, 0.1) is 11.3 Å². The standard InChI is InChI=1S/C17H28N2O4/c1-5-6-9-13(15(21)22)18-14(20)12-8-7-10-19(11-12)16(23)17(2,3)4/h5,12-13H,1,6-11H2,2-4H3,(H,18,20)(H,21,22). The first-order valence-corrected chi connectivity index (χ1v) is 8.10. The molecule has 1 aliphatic rings. The van der Waals surface area contributed by atoms with Crippen LogP contribution in [0.25, 0.3) is 0 Å². The Labute approximate surface area is 137 Å². The minimum atomic E-state index is -1.04. The van der Waals surface area contributed by atoms with Gasteiger partial charge in [0.1, 0.15) is 6.04 Å². The van der Waals surface area contributed by atoms with Crippen molar-refractivity contribution in [2.75, 3.05) is 13.1 Å². The molecule has 0 radical (unpaired) electrons. The number of nitrogens with one attached hydrogen (secondary N) is 1. The normalized spacial score (nSPS) is 19.8. The molecule has 0 aromatic rings. The monoisotopic (exact) mass is 324 g/mol. The molecule has 0 aromatic heterocycles. The first-order chi connectivity index (χ1) is 10.7. The van der Waals surface area contributed by atoms with Crippen LogP contribution in [-0.2, 0) is 14.4 Å². The summed E-state index contributed by atoms with van der Waals surface area (Å²) >= 11 is 0. The van der Waals surface area contributed by atoms with Gasteiger partial charge in [0.15, 0.2) is 0 Å². The van der Waals surface area contributed by atoms with Crippen LogP contribution < -0.4 is 5.32 Å². The van der Waals surface area contributed by atoms with Crippen LogP contribution in [0.1, 0.15) is 46.5 Å². The van der Waals surface area contributed by atoms with Gasteiger partial charge in [-0.2, -0.15) is 0 Å². The summed E-state index contributed by atoms with van der Waals surface area (Å²) in [7, 11) is 0. The van der Waals surface area contributed by atoms with Crippen LogP contribution in [0.4, 0.5) is 0 Å². The summed E-state index contributed by atoms with van der Waals surface area (Å²) in [5.74, 6) is -1.65. The van der Waals surface area contributed by atoms with E-state index in [0.29, 0.717) is 32.4 Å². The maximum atomic E-state index is 12.4. The second-order valence-electron chi connectivity index (χ2n) is 7.11. The van der Waals surface area contributed by atoms with Gasteiger partial charge in [-0.3, -0.25) is 9.59 Å². The van der Waals surface area contributed by atoms with Gasteiger partial charge in [-0.15, -0.1) is 6.58 Å². The lowest BCUT2D eigenvalue weighted by molar-refractivity contribution is -0.145. The van der Waals surface area contributed by atoms with Crippen molar-refractivity contribution in [3.05, 3.63) is 12.7 Å². The largest absolute Gasteiger partial charge is 0.480 e. The van der Waals surface area contributed by atoms with Crippen LogP contribution in [0.3, 0.4) is 0 Å².